The Kier molecular flexibility index (Phi) is 4.47. The molecular formula is C14H13ClFN5S. The summed E-state index contributed by atoms with van der Waals surface area (Å²) in [4.78, 5) is 4.73. The fourth-order valence-corrected chi connectivity index (χ4v) is 3.15. The number of hydrogen-bond donors (Lipinski definition) is 0. The van der Waals surface area contributed by atoms with Crippen LogP contribution in [-0.2, 0) is 13.2 Å². The molecule has 0 saturated carbocycles. The Morgan fingerprint density at radius 1 is 1.23 bits per heavy atom. The summed E-state index contributed by atoms with van der Waals surface area (Å²) < 4.78 is 13.7. The maximum atomic E-state index is 12.9. The highest BCUT2D eigenvalue weighted by atomic mass is 35.5. The molecule has 0 radical (unpaired) electrons. The zero-order chi connectivity index (χ0) is 15.5. The van der Waals surface area contributed by atoms with Crippen molar-refractivity contribution in [2.24, 2.45) is 0 Å². The Morgan fingerprint density at radius 2 is 2.00 bits per heavy atom. The molecule has 0 aliphatic rings. The molecule has 0 atom stereocenters. The normalized spacial score (nSPS) is 11.3. The smallest absolute Gasteiger partial charge is 0.204 e. The van der Waals surface area contributed by atoms with Gasteiger partial charge in [0, 0.05) is 17.0 Å². The van der Waals surface area contributed by atoms with Crippen molar-refractivity contribution in [2.75, 3.05) is 7.05 Å². The fraction of sp³-hybridized carbons (Fsp3) is 0.214. The number of hydrogen-bond acceptors (Lipinski definition) is 5. The van der Waals surface area contributed by atoms with Crippen molar-refractivity contribution < 1.29 is 4.39 Å². The van der Waals surface area contributed by atoms with E-state index in [0.29, 0.717) is 12.5 Å². The molecule has 0 bridgehead atoms. The van der Waals surface area contributed by atoms with Gasteiger partial charge in [0.05, 0.1) is 4.34 Å². The Morgan fingerprint density at radius 3 is 2.68 bits per heavy atom. The molecule has 0 fully saturated rings. The zero-order valence-electron chi connectivity index (χ0n) is 11.8. The molecule has 5 nitrogen and oxygen atoms in total. The minimum Gasteiger partial charge on any atom is -0.281 e. The highest BCUT2D eigenvalue weighted by Crippen LogP contribution is 2.22. The summed E-state index contributed by atoms with van der Waals surface area (Å²) in [6.45, 7) is 1.26. The van der Waals surface area contributed by atoms with Gasteiger partial charge < -0.3 is 0 Å². The molecule has 8 heteroatoms. The van der Waals surface area contributed by atoms with E-state index in [4.69, 9.17) is 11.6 Å². The van der Waals surface area contributed by atoms with Crippen LogP contribution in [0.2, 0.25) is 4.34 Å². The van der Waals surface area contributed by atoms with Gasteiger partial charge in [0.2, 0.25) is 5.82 Å². The predicted octanol–water partition coefficient (Wildman–Crippen LogP) is 3.28. The monoisotopic (exact) mass is 337 g/mol. The summed E-state index contributed by atoms with van der Waals surface area (Å²) >= 11 is 7.47. The van der Waals surface area contributed by atoms with E-state index >= 15 is 0 Å². The molecule has 3 aromatic rings. The second-order valence-electron chi connectivity index (χ2n) is 4.85. The van der Waals surface area contributed by atoms with E-state index in [1.54, 1.807) is 23.5 Å². The molecule has 114 valence electrons. The van der Waals surface area contributed by atoms with Crippen LogP contribution < -0.4 is 0 Å². The van der Waals surface area contributed by atoms with Crippen LogP contribution in [0.4, 0.5) is 4.39 Å². The summed E-state index contributed by atoms with van der Waals surface area (Å²) in [7, 11) is 1.97. The Bertz CT molecular complexity index is 755. The molecule has 0 amide bonds. The molecular weight excluding hydrogens is 325 g/mol. The maximum Gasteiger partial charge on any atom is 0.204 e. The van der Waals surface area contributed by atoms with Gasteiger partial charge in [-0.15, -0.1) is 26.3 Å². The number of benzene rings is 1. The van der Waals surface area contributed by atoms with Gasteiger partial charge in [-0.1, -0.05) is 11.6 Å². The van der Waals surface area contributed by atoms with Gasteiger partial charge in [0.1, 0.15) is 12.5 Å². The van der Waals surface area contributed by atoms with E-state index < -0.39 is 0 Å². The molecule has 1 aromatic carbocycles. The predicted molar refractivity (Wildman–Crippen MR) is 84.0 cm³/mol. The van der Waals surface area contributed by atoms with Gasteiger partial charge in [-0.25, -0.2) is 4.39 Å². The second-order valence-corrected chi connectivity index (χ2v) is 6.65. The zero-order valence-corrected chi connectivity index (χ0v) is 13.4. The van der Waals surface area contributed by atoms with Gasteiger partial charge >= 0.3 is 0 Å². The van der Waals surface area contributed by atoms with Crippen LogP contribution in [0.15, 0.2) is 36.4 Å². The average Bonchev–Trinajstić information content (AvgIpc) is 3.09. The van der Waals surface area contributed by atoms with Gasteiger partial charge in [-0.05, 0) is 48.7 Å². The first kappa shape index (κ1) is 15.1. The highest BCUT2D eigenvalue weighted by molar-refractivity contribution is 7.16. The standard InChI is InChI=1S/C14H13ClFN5S/c1-20(8-12-6-7-13(15)22-12)9-21-18-14(17-19-21)10-2-4-11(16)5-3-10/h2-7H,8-9H2,1H3. The molecule has 3 rings (SSSR count). The third kappa shape index (κ3) is 3.68. The van der Waals surface area contributed by atoms with E-state index in [9.17, 15) is 4.39 Å². The lowest BCUT2D eigenvalue weighted by Gasteiger charge is -2.13. The van der Waals surface area contributed by atoms with Crippen molar-refractivity contribution in [2.45, 2.75) is 13.2 Å². The van der Waals surface area contributed by atoms with Crippen LogP contribution in [0, 0.1) is 5.82 Å². The van der Waals surface area contributed by atoms with Crippen LogP contribution in [0.1, 0.15) is 4.88 Å². The summed E-state index contributed by atoms with van der Waals surface area (Å²) in [5.41, 5.74) is 0.736. The summed E-state index contributed by atoms with van der Waals surface area (Å²) in [6, 6.07) is 9.91. The van der Waals surface area contributed by atoms with E-state index in [2.05, 4.69) is 20.3 Å². The number of nitrogens with zero attached hydrogens (tertiary/aromatic N) is 5. The molecule has 2 aromatic heterocycles. The lowest BCUT2D eigenvalue weighted by Crippen LogP contribution is -2.22. The number of thiophene rings is 1. The minimum absolute atomic E-state index is 0.287. The lowest BCUT2D eigenvalue weighted by atomic mass is 10.2. The van der Waals surface area contributed by atoms with Crippen molar-refractivity contribution in [3.63, 3.8) is 0 Å². The first-order valence-electron chi connectivity index (χ1n) is 6.56. The quantitative estimate of drug-likeness (QED) is 0.716. The SMILES string of the molecule is CN(Cc1ccc(Cl)s1)Cn1nnc(-c2ccc(F)cc2)n1. The third-order valence-electron chi connectivity index (χ3n) is 2.98. The Labute approximate surface area is 135 Å². The van der Waals surface area contributed by atoms with Crippen LogP contribution in [0.5, 0.6) is 0 Å². The van der Waals surface area contributed by atoms with Crippen molar-refractivity contribution in [1.29, 1.82) is 0 Å². The van der Waals surface area contributed by atoms with Gasteiger partial charge in [-0.3, -0.25) is 4.90 Å². The van der Waals surface area contributed by atoms with Crippen molar-refractivity contribution >= 4 is 22.9 Å². The summed E-state index contributed by atoms with van der Waals surface area (Å²) in [5.74, 6) is 0.193. The van der Waals surface area contributed by atoms with E-state index in [-0.39, 0.29) is 5.82 Å². The molecule has 0 saturated heterocycles. The second kappa shape index (κ2) is 6.51. The first-order valence-corrected chi connectivity index (χ1v) is 7.76. The number of tetrazole rings is 1. The van der Waals surface area contributed by atoms with Crippen LogP contribution in [-0.4, -0.2) is 32.2 Å². The lowest BCUT2D eigenvalue weighted by molar-refractivity contribution is 0.229. The molecule has 0 aliphatic carbocycles. The van der Waals surface area contributed by atoms with Crippen molar-refractivity contribution in [3.05, 3.63) is 51.4 Å². The van der Waals surface area contributed by atoms with E-state index in [0.717, 1.165) is 16.4 Å². The minimum atomic E-state index is -0.287. The van der Waals surface area contributed by atoms with E-state index in [1.807, 2.05) is 19.2 Å². The molecule has 0 spiro atoms. The van der Waals surface area contributed by atoms with Gasteiger partial charge in [-0.2, -0.15) is 0 Å². The summed E-state index contributed by atoms with van der Waals surface area (Å²) in [5, 5.41) is 12.3. The van der Waals surface area contributed by atoms with Gasteiger partial charge in [0.25, 0.3) is 0 Å². The fourth-order valence-electron chi connectivity index (χ4n) is 1.99. The average molecular weight is 338 g/mol. The topological polar surface area (TPSA) is 46.8 Å². The van der Waals surface area contributed by atoms with Crippen LogP contribution in [0.3, 0.4) is 0 Å². The molecule has 0 aliphatic heterocycles. The van der Waals surface area contributed by atoms with Crippen molar-refractivity contribution in [3.8, 4) is 11.4 Å². The molecule has 0 N–H and O–H groups in total. The molecule has 22 heavy (non-hydrogen) atoms. The van der Waals surface area contributed by atoms with Crippen LogP contribution in [0.25, 0.3) is 11.4 Å². The number of halogens is 2. The molecule has 0 unspecified atom stereocenters. The number of aromatic nitrogens is 4. The largest absolute Gasteiger partial charge is 0.281 e. The number of rotatable bonds is 5. The van der Waals surface area contributed by atoms with Gasteiger partial charge in [0.15, 0.2) is 0 Å². The Hall–Kier alpha value is -1.83. The summed E-state index contributed by atoms with van der Waals surface area (Å²) in [6.07, 6.45) is 0. The highest BCUT2D eigenvalue weighted by Gasteiger charge is 2.09. The third-order valence-corrected chi connectivity index (χ3v) is 4.19. The first-order chi connectivity index (χ1) is 10.6. The molecule has 2 heterocycles. The maximum absolute atomic E-state index is 12.9. The Balaban J connectivity index is 1.65. The van der Waals surface area contributed by atoms with E-state index in [1.165, 1.54) is 21.8 Å². The van der Waals surface area contributed by atoms with Crippen LogP contribution >= 0.6 is 22.9 Å². The van der Waals surface area contributed by atoms with Crippen molar-refractivity contribution in [1.82, 2.24) is 25.1 Å².